The van der Waals surface area contributed by atoms with E-state index in [1.54, 1.807) is 13.0 Å². The Balaban J connectivity index is 1.49. The van der Waals surface area contributed by atoms with Crippen molar-refractivity contribution in [2.24, 2.45) is 0 Å². The minimum Gasteiger partial charge on any atom is -0.469 e. The first-order valence-electron chi connectivity index (χ1n) is 9.06. The zero-order chi connectivity index (χ0) is 19.9. The lowest BCUT2D eigenvalue weighted by Gasteiger charge is -2.16. The van der Waals surface area contributed by atoms with Gasteiger partial charge in [-0.05, 0) is 49.7 Å². The maximum Gasteiger partial charge on any atom is 0.255 e. The van der Waals surface area contributed by atoms with Gasteiger partial charge in [0.2, 0.25) is 5.91 Å². The van der Waals surface area contributed by atoms with Gasteiger partial charge in [-0.1, -0.05) is 30.3 Å². The fraction of sp³-hybridized carbons (Fsp3) is 0.182. The number of benzene rings is 2. The number of nitrogens with one attached hydrogen (secondary N) is 3. The van der Waals surface area contributed by atoms with Crippen molar-refractivity contribution in [3.8, 4) is 0 Å². The second-order valence-electron chi connectivity index (χ2n) is 6.48. The van der Waals surface area contributed by atoms with Crippen LogP contribution < -0.4 is 16.0 Å². The highest BCUT2D eigenvalue weighted by atomic mass is 16.3. The van der Waals surface area contributed by atoms with Crippen molar-refractivity contribution >= 4 is 23.2 Å². The van der Waals surface area contributed by atoms with Crippen molar-refractivity contribution in [3.63, 3.8) is 0 Å². The molecule has 0 bridgehead atoms. The Bertz CT molecular complexity index is 933. The van der Waals surface area contributed by atoms with Crippen LogP contribution in [0, 0.1) is 6.92 Å². The molecule has 3 aromatic rings. The third kappa shape index (κ3) is 5.01. The molecule has 6 nitrogen and oxygen atoms in total. The number of furan rings is 1. The average molecular weight is 377 g/mol. The van der Waals surface area contributed by atoms with Crippen LogP contribution in [0.3, 0.4) is 0 Å². The van der Waals surface area contributed by atoms with Gasteiger partial charge >= 0.3 is 0 Å². The molecule has 3 N–H and O–H groups in total. The topological polar surface area (TPSA) is 83.4 Å². The van der Waals surface area contributed by atoms with Gasteiger partial charge in [0.05, 0.1) is 18.4 Å². The number of aryl methyl sites for hydroxylation is 1. The Labute approximate surface area is 164 Å². The number of carbonyl (C=O) groups is 2. The van der Waals surface area contributed by atoms with E-state index in [1.807, 2.05) is 42.5 Å². The molecule has 28 heavy (non-hydrogen) atoms. The molecule has 3 rings (SSSR count). The molecule has 0 aliphatic carbocycles. The minimum atomic E-state index is -0.337. The van der Waals surface area contributed by atoms with Crippen molar-refractivity contribution in [2.45, 2.75) is 19.9 Å². The van der Waals surface area contributed by atoms with Crippen LogP contribution in [-0.4, -0.2) is 18.4 Å². The van der Waals surface area contributed by atoms with Crippen molar-refractivity contribution in [2.75, 3.05) is 17.2 Å². The SMILES string of the molecule is Cc1occc1C(=O)NCC(=O)Nc1ccc(NC(C)c2ccccc2)cc1. The summed E-state index contributed by atoms with van der Waals surface area (Å²) in [7, 11) is 0. The Hall–Kier alpha value is -3.54. The molecule has 0 radical (unpaired) electrons. The molecule has 1 aromatic heterocycles. The summed E-state index contributed by atoms with van der Waals surface area (Å²) in [4.78, 5) is 24.0. The van der Waals surface area contributed by atoms with Crippen LogP contribution in [0.4, 0.5) is 11.4 Å². The molecule has 0 fully saturated rings. The standard InChI is InChI=1S/C22H23N3O3/c1-15(17-6-4-3-5-7-17)24-18-8-10-19(11-9-18)25-21(26)14-23-22(27)20-12-13-28-16(20)2/h3-13,15,24H,14H2,1-2H3,(H,23,27)(H,25,26). The lowest BCUT2D eigenvalue weighted by molar-refractivity contribution is -0.115. The second kappa shape index (κ2) is 8.90. The number of anilines is 2. The van der Waals surface area contributed by atoms with E-state index in [-0.39, 0.29) is 24.4 Å². The number of hydrogen-bond donors (Lipinski definition) is 3. The molecular weight excluding hydrogens is 354 g/mol. The van der Waals surface area contributed by atoms with Crippen LogP contribution in [0.5, 0.6) is 0 Å². The molecule has 1 atom stereocenters. The molecule has 6 heteroatoms. The van der Waals surface area contributed by atoms with Gasteiger partial charge in [0.15, 0.2) is 0 Å². The predicted octanol–water partition coefficient (Wildman–Crippen LogP) is 4.13. The van der Waals surface area contributed by atoms with Crippen LogP contribution >= 0.6 is 0 Å². The molecule has 0 saturated heterocycles. The maximum absolute atomic E-state index is 12.1. The molecule has 0 saturated carbocycles. The number of carbonyl (C=O) groups excluding carboxylic acids is 2. The van der Waals surface area contributed by atoms with Gasteiger partial charge in [-0.15, -0.1) is 0 Å². The Kier molecular flexibility index (Phi) is 6.11. The highest BCUT2D eigenvalue weighted by Gasteiger charge is 2.12. The van der Waals surface area contributed by atoms with Gasteiger partial charge in [0, 0.05) is 17.4 Å². The van der Waals surface area contributed by atoms with Gasteiger partial charge in [0.25, 0.3) is 5.91 Å². The molecule has 2 amide bonds. The van der Waals surface area contributed by atoms with Crippen molar-refractivity contribution in [1.29, 1.82) is 0 Å². The van der Waals surface area contributed by atoms with Crippen molar-refractivity contribution in [1.82, 2.24) is 5.32 Å². The largest absolute Gasteiger partial charge is 0.469 e. The quantitative estimate of drug-likeness (QED) is 0.578. The van der Waals surface area contributed by atoms with Gasteiger partial charge in [0.1, 0.15) is 5.76 Å². The van der Waals surface area contributed by atoms with Crippen LogP contribution in [-0.2, 0) is 4.79 Å². The average Bonchev–Trinajstić information content (AvgIpc) is 3.14. The molecule has 0 spiro atoms. The molecule has 144 valence electrons. The summed E-state index contributed by atoms with van der Waals surface area (Å²) in [6, 6.07) is 19.4. The smallest absolute Gasteiger partial charge is 0.255 e. The van der Waals surface area contributed by atoms with E-state index in [1.165, 1.54) is 11.8 Å². The van der Waals surface area contributed by atoms with E-state index in [0.29, 0.717) is 17.0 Å². The Morgan fingerprint density at radius 3 is 2.29 bits per heavy atom. The van der Waals surface area contributed by atoms with Crippen LogP contribution in [0.2, 0.25) is 0 Å². The fourth-order valence-electron chi connectivity index (χ4n) is 2.81. The summed E-state index contributed by atoms with van der Waals surface area (Å²) >= 11 is 0. The summed E-state index contributed by atoms with van der Waals surface area (Å²) in [5, 5.41) is 8.76. The summed E-state index contributed by atoms with van der Waals surface area (Å²) in [6.07, 6.45) is 1.44. The maximum atomic E-state index is 12.1. The lowest BCUT2D eigenvalue weighted by Crippen LogP contribution is -2.32. The van der Waals surface area contributed by atoms with Gasteiger partial charge < -0.3 is 20.4 Å². The van der Waals surface area contributed by atoms with E-state index < -0.39 is 0 Å². The van der Waals surface area contributed by atoms with Crippen LogP contribution in [0.15, 0.2) is 71.3 Å². The zero-order valence-electron chi connectivity index (χ0n) is 15.9. The highest BCUT2D eigenvalue weighted by molar-refractivity contribution is 5.99. The predicted molar refractivity (Wildman–Crippen MR) is 109 cm³/mol. The van der Waals surface area contributed by atoms with Gasteiger partial charge in [-0.2, -0.15) is 0 Å². The summed E-state index contributed by atoms with van der Waals surface area (Å²) in [6.45, 7) is 3.67. The molecule has 2 aromatic carbocycles. The Morgan fingerprint density at radius 1 is 0.964 bits per heavy atom. The van der Waals surface area contributed by atoms with E-state index in [9.17, 15) is 9.59 Å². The zero-order valence-corrected chi connectivity index (χ0v) is 15.9. The van der Waals surface area contributed by atoms with Gasteiger partial charge in [-0.3, -0.25) is 9.59 Å². The van der Waals surface area contributed by atoms with Crippen LogP contribution in [0.25, 0.3) is 0 Å². The summed E-state index contributed by atoms with van der Waals surface area (Å²) < 4.78 is 5.09. The molecule has 0 aliphatic heterocycles. The van der Waals surface area contributed by atoms with E-state index in [0.717, 1.165) is 5.69 Å². The van der Waals surface area contributed by atoms with E-state index in [4.69, 9.17) is 4.42 Å². The normalized spacial score (nSPS) is 11.5. The van der Waals surface area contributed by atoms with Crippen LogP contribution in [0.1, 0.15) is 34.6 Å². The first kappa shape index (κ1) is 19.2. The second-order valence-corrected chi connectivity index (χ2v) is 6.48. The van der Waals surface area contributed by atoms with E-state index in [2.05, 4.69) is 35.0 Å². The number of rotatable bonds is 7. The van der Waals surface area contributed by atoms with Crippen molar-refractivity contribution in [3.05, 3.63) is 83.8 Å². The number of amides is 2. The summed E-state index contributed by atoms with van der Waals surface area (Å²) in [5.41, 5.74) is 3.24. The molecule has 0 aliphatic rings. The summed E-state index contributed by atoms with van der Waals surface area (Å²) in [5.74, 6) is -0.116. The third-order valence-electron chi connectivity index (χ3n) is 4.36. The Morgan fingerprint density at radius 2 is 1.64 bits per heavy atom. The fourth-order valence-corrected chi connectivity index (χ4v) is 2.81. The van der Waals surface area contributed by atoms with Gasteiger partial charge in [-0.25, -0.2) is 0 Å². The van der Waals surface area contributed by atoms with E-state index >= 15 is 0 Å². The first-order chi connectivity index (χ1) is 13.5. The molecular formula is C22H23N3O3. The number of hydrogen-bond acceptors (Lipinski definition) is 4. The third-order valence-corrected chi connectivity index (χ3v) is 4.36. The first-order valence-corrected chi connectivity index (χ1v) is 9.06. The highest BCUT2D eigenvalue weighted by Crippen LogP contribution is 2.20. The minimum absolute atomic E-state index is 0.117. The monoisotopic (exact) mass is 377 g/mol. The lowest BCUT2D eigenvalue weighted by atomic mass is 10.1. The molecule has 1 heterocycles. The van der Waals surface area contributed by atoms with Crippen molar-refractivity contribution < 1.29 is 14.0 Å². The molecule has 1 unspecified atom stereocenters.